The molecule has 0 rings (SSSR count). The summed E-state index contributed by atoms with van der Waals surface area (Å²) in [6.45, 7) is 1.99. The average Bonchev–Trinajstić information content (AvgIpc) is 1.98. The van der Waals surface area contributed by atoms with Crippen molar-refractivity contribution in [2.45, 2.75) is 13.2 Å². The van der Waals surface area contributed by atoms with Gasteiger partial charge in [0.05, 0.1) is 0 Å². The predicted octanol–water partition coefficient (Wildman–Crippen LogP) is 0.601. The smallest absolute Gasteiger partial charge is 0.126 e. The molecule has 1 N–H and O–H groups in total. The van der Waals surface area contributed by atoms with Crippen LogP contribution in [0.5, 0.6) is 0 Å². The molecule has 60 valence electrons. The molecule has 0 aliphatic heterocycles. The fourth-order valence-corrected chi connectivity index (χ4v) is 0.480. The fraction of sp³-hybridized carbons (Fsp3) is 0.714. The van der Waals surface area contributed by atoms with Crippen LogP contribution in [0.1, 0.15) is 6.92 Å². The highest BCUT2D eigenvalue weighted by molar-refractivity contribution is 4.77. The van der Waals surface area contributed by atoms with E-state index in [4.69, 9.17) is 4.74 Å². The van der Waals surface area contributed by atoms with Crippen molar-refractivity contribution in [3.63, 3.8) is 0 Å². The molecule has 0 aromatic heterocycles. The van der Waals surface area contributed by atoms with E-state index in [1.165, 1.54) is 0 Å². The Morgan fingerprint density at radius 1 is 1.60 bits per heavy atom. The summed E-state index contributed by atoms with van der Waals surface area (Å²) in [5.41, 5.74) is 0. The molecule has 0 radical (unpaired) electrons. The van der Waals surface area contributed by atoms with Gasteiger partial charge >= 0.3 is 0 Å². The summed E-state index contributed by atoms with van der Waals surface area (Å²) in [4.78, 5) is 1.97. The lowest BCUT2D eigenvalue weighted by molar-refractivity contribution is 0.0231. The van der Waals surface area contributed by atoms with Crippen LogP contribution in [0.4, 0.5) is 0 Å². The third-order valence-electron chi connectivity index (χ3n) is 1.39. The van der Waals surface area contributed by atoms with Gasteiger partial charge in [-0.05, 0) is 6.92 Å². The summed E-state index contributed by atoms with van der Waals surface area (Å²) in [6.07, 6.45) is 3.91. The molecule has 0 fully saturated rings. The molecule has 3 nitrogen and oxygen atoms in total. The van der Waals surface area contributed by atoms with Crippen molar-refractivity contribution in [3.05, 3.63) is 12.4 Å². The van der Waals surface area contributed by atoms with Gasteiger partial charge in [-0.25, -0.2) is 0 Å². The predicted molar refractivity (Wildman–Crippen MR) is 42.4 cm³/mol. The van der Waals surface area contributed by atoms with Gasteiger partial charge in [0.25, 0.3) is 0 Å². The number of ether oxygens (including phenoxy) is 1. The molecule has 0 heterocycles. The number of nitrogens with zero attached hydrogens (tertiary/aromatic N) is 1. The Morgan fingerprint density at radius 3 is 2.60 bits per heavy atom. The van der Waals surface area contributed by atoms with Crippen LogP contribution in [0, 0.1) is 0 Å². The second-order valence-corrected chi connectivity index (χ2v) is 2.10. The molecule has 0 amide bonds. The van der Waals surface area contributed by atoms with Gasteiger partial charge in [0.15, 0.2) is 0 Å². The van der Waals surface area contributed by atoms with Crippen molar-refractivity contribution in [3.8, 4) is 0 Å². The van der Waals surface area contributed by atoms with Crippen molar-refractivity contribution in [1.82, 2.24) is 10.2 Å². The van der Waals surface area contributed by atoms with E-state index in [-0.39, 0.29) is 6.23 Å². The Bertz CT molecular complexity index is 104. The SMILES string of the molecule is CN/C=C\N(C)C(C)OC. The normalized spacial score (nSPS) is 13.6. The molecule has 0 aliphatic rings. The van der Waals surface area contributed by atoms with E-state index in [2.05, 4.69) is 5.32 Å². The topological polar surface area (TPSA) is 24.5 Å². The highest BCUT2D eigenvalue weighted by Gasteiger charge is 1.99. The quantitative estimate of drug-likeness (QED) is 0.585. The minimum Gasteiger partial charge on any atom is -0.393 e. The van der Waals surface area contributed by atoms with Crippen molar-refractivity contribution in [2.75, 3.05) is 21.2 Å². The average molecular weight is 144 g/mol. The van der Waals surface area contributed by atoms with Crippen LogP contribution in [0.25, 0.3) is 0 Å². The summed E-state index contributed by atoms with van der Waals surface area (Å²) in [5.74, 6) is 0. The van der Waals surface area contributed by atoms with Crippen LogP contribution >= 0.6 is 0 Å². The third kappa shape index (κ3) is 3.35. The van der Waals surface area contributed by atoms with E-state index in [9.17, 15) is 0 Å². The van der Waals surface area contributed by atoms with Crippen molar-refractivity contribution in [1.29, 1.82) is 0 Å². The van der Waals surface area contributed by atoms with Crippen LogP contribution in [-0.2, 0) is 4.74 Å². The van der Waals surface area contributed by atoms with Crippen LogP contribution < -0.4 is 5.32 Å². The van der Waals surface area contributed by atoms with Gasteiger partial charge in [0.1, 0.15) is 6.23 Å². The first-order chi connectivity index (χ1) is 4.72. The first-order valence-electron chi connectivity index (χ1n) is 3.31. The van der Waals surface area contributed by atoms with Crippen molar-refractivity contribution < 1.29 is 4.74 Å². The Balaban J connectivity index is 3.60. The highest BCUT2D eigenvalue weighted by atomic mass is 16.5. The van der Waals surface area contributed by atoms with E-state index < -0.39 is 0 Å². The Kier molecular flexibility index (Phi) is 4.76. The molecule has 0 spiro atoms. The Morgan fingerprint density at radius 2 is 2.20 bits per heavy atom. The number of hydrogen-bond acceptors (Lipinski definition) is 3. The molecular weight excluding hydrogens is 128 g/mol. The molecule has 0 saturated carbocycles. The van der Waals surface area contributed by atoms with E-state index in [1.54, 1.807) is 7.11 Å². The standard InChI is InChI=1S/C7H16N2O/c1-7(10-4)9(3)6-5-8-2/h5-8H,1-4H3/b6-5-. The van der Waals surface area contributed by atoms with Crippen LogP contribution in [0.15, 0.2) is 12.4 Å². The van der Waals surface area contributed by atoms with Crippen LogP contribution in [-0.4, -0.2) is 32.3 Å². The summed E-state index contributed by atoms with van der Waals surface area (Å²) in [5, 5.41) is 2.90. The molecule has 3 heteroatoms. The minimum atomic E-state index is 0.129. The maximum atomic E-state index is 5.06. The zero-order valence-electron chi connectivity index (χ0n) is 7.09. The van der Waals surface area contributed by atoms with Gasteiger partial charge in [-0.2, -0.15) is 0 Å². The lowest BCUT2D eigenvalue weighted by Gasteiger charge is -2.20. The molecule has 1 unspecified atom stereocenters. The number of methoxy groups -OCH3 is 1. The van der Waals surface area contributed by atoms with Gasteiger partial charge in [-0.3, -0.25) is 0 Å². The van der Waals surface area contributed by atoms with E-state index in [0.717, 1.165) is 0 Å². The van der Waals surface area contributed by atoms with Gasteiger partial charge in [-0.1, -0.05) is 0 Å². The largest absolute Gasteiger partial charge is 0.393 e. The Labute approximate surface area is 62.7 Å². The summed E-state index contributed by atoms with van der Waals surface area (Å²) >= 11 is 0. The van der Waals surface area contributed by atoms with Crippen LogP contribution in [0.3, 0.4) is 0 Å². The Hall–Kier alpha value is -0.700. The van der Waals surface area contributed by atoms with Crippen molar-refractivity contribution in [2.24, 2.45) is 0 Å². The zero-order valence-corrected chi connectivity index (χ0v) is 7.09. The second-order valence-electron chi connectivity index (χ2n) is 2.10. The summed E-state index contributed by atoms with van der Waals surface area (Å²) in [7, 11) is 5.51. The van der Waals surface area contributed by atoms with Gasteiger partial charge in [-0.15, -0.1) is 0 Å². The molecule has 0 bridgehead atoms. The molecule has 1 atom stereocenters. The molecule has 0 aliphatic carbocycles. The number of nitrogens with one attached hydrogen (secondary N) is 1. The lowest BCUT2D eigenvalue weighted by atomic mass is 10.6. The van der Waals surface area contributed by atoms with Crippen molar-refractivity contribution >= 4 is 0 Å². The van der Waals surface area contributed by atoms with Gasteiger partial charge in [0.2, 0.25) is 0 Å². The lowest BCUT2D eigenvalue weighted by Crippen LogP contribution is -2.25. The summed E-state index contributed by atoms with van der Waals surface area (Å²) in [6, 6.07) is 0. The maximum Gasteiger partial charge on any atom is 0.126 e. The zero-order chi connectivity index (χ0) is 7.98. The summed E-state index contributed by atoms with van der Waals surface area (Å²) < 4.78 is 5.06. The van der Waals surface area contributed by atoms with E-state index >= 15 is 0 Å². The van der Waals surface area contributed by atoms with Gasteiger partial charge in [0, 0.05) is 33.6 Å². The molecule has 10 heavy (non-hydrogen) atoms. The minimum absolute atomic E-state index is 0.129. The molecular formula is C7H16N2O. The van der Waals surface area contributed by atoms with E-state index in [1.807, 2.05) is 38.3 Å². The number of hydrogen-bond donors (Lipinski definition) is 1. The fourth-order valence-electron chi connectivity index (χ4n) is 0.480. The second kappa shape index (κ2) is 5.11. The maximum absolute atomic E-state index is 5.06. The molecule has 0 saturated heterocycles. The first-order valence-corrected chi connectivity index (χ1v) is 3.31. The first kappa shape index (κ1) is 9.30. The molecule has 0 aromatic carbocycles. The van der Waals surface area contributed by atoms with E-state index in [0.29, 0.717) is 0 Å². The molecule has 0 aromatic rings. The van der Waals surface area contributed by atoms with Gasteiger partial charge < -0.3 is 15.0 Å². The number of rotatable bonds is 4. The highest BCUT2D eigenvalue weighted by Crippen LogP contribution is 1.94. The van der Waals surface area contributed by atoms with Crippen LogP contribution in [0.2, 0.25) is 0 Å². The third-order valence-corrected chi connectivity index (χ3v) is 1.39. The monoisotopic (exact) mass is 144 g/mol.